The summed E-state index contributed by atoms with van der Waals surface area (Å²) in [7, 11) is 1.18. The number of nitro groups is 1. The summed E-state index contributed by atoms with van der Waals surface area (Å²) in [6.45, 7) is -3.49. The Bertz CT molecular complexity index is 1120. The maximum atomic E-state index is 13.3. The highest BCUT2D eigenvalue weighted by Crippen LogP contribution is 2.36. The molecule has 28 heavy (non-hydrogen) atoms. The number of fused-ring (bicyclic) bond motifs is 1. The number of aromatic nitrogens is 2. The van der Waals surface area contributed by atoms with Crippen molar-refractivity contribution in [3.05, 3.63) is 68.5 Å². The highest BCUT2D eigenvalue weighted by Gasteiger charge is 2.22. The maximum Gasteiger partial charge on any atom is 0.387 e. The van der Waals surface area contributed by atoms with Crippen molar-refractivity contribution in [2.75, 3.05) is 7.11 Å². The SMILES string of the molecule is COc1cc(Cn2cnc3cc(F)ccc3c2=O)c([N+](=O)[O-])cc1OC(F)F. The monoisotopic (exact) mass is 395 g/mol. The standard InChI is InChI=1S/C17H12F3N3O5/c1-27-14-4-9(13(23(25)26)6-15(14)28-17(19)20)7-22-8-21-12-5-10(18)2-3-11(12)16(22)24/h2-6,8,17H,7H2,1H3. The molecule has 0 N–H and O–H groups in total. The molecule has 11 heteroatoms. The molecule has 8 nitrogen and oxygen atoms in total. The Hall–Kier alpha value is -3.63. The van der Waals surface area contributed by atoms with E-state index in [9.17, 15) is 28.1 Å². The van der Waals surface area contributed by atoms with E-state index in [0.717, 1.165) is 35.2 Å². The topological polar surface area (TPSA) is 96.5 Å². The average Bonchev–Trinajstić information content (AvgIpc) is 2.64. The third kappa shape index (κ3) is 3.72. The number of hydrogen-bond acceptors (Lipinski definition) is 6. The quantitative estimate of drug-likeness (QED) is 0.470. The van der Waals surface area contributed by atoms with Gasteiger partial charge in [0.1, 0.15) is 5.82 Å². The normalized spacial score (nSPS) is 11.0. The van der Waals surface area contributed by atoms with E-state index >= 15 is 0 Å². The summed E-state index contributed by atoms with van der Waals surface area (Å²) < 4.78 is 48.6. The molecule has 1 aromatic heterocycles. The Morgan fingerprint density at radius 3 is 2.64 bits per heavy atom. The van der Waals surface area contributed by atoms with E-state index in [1.807, 2.05) is 0 Å². The fraction of sp³-hybridized carbons (Fsp3) is 0.176. The lowest BCUT2D eigenvalue weighted by atomic mass is 10.1. The minimum Gasteiger partial charge on any atom is -0.493 e. The largest absolute Gasteiger partial charge is 0.493 e. The zero-order chi connectivity index (χ0) is 20.4. The van der Waals surface area contributed by atoms with Crippen molar-refractivity contribution in [3.63, 3.8) is 0 Å². The molecule has 0 amide bonds. The third-order valence-corrected chi connectivity index (χ3v) is 3.91. The highest BCUT2D eigenvalue weighted by molar-refractivity contribution is 5.77. The van der Waals surface area contributed by atoms with Gasteiger partial charge in [0.2, 0.25) is 0 Å². The van der Waals surface area contributed by atoms with Gasteiger partial charge in [0.25, 0.3) is 11.2 Å². The van der Waals surface area contributed by atoms with Crippen molar-refractivity contribution in [3.8, 4) is 11.5 Å². The Kier molecular flexibility index (Phi) is 5.16. The Balaban J connectivity index is 2.10. The lowest BCUT2D eigenvalue weighted by Crippen LogP contribution is -2.21. The number of halogens is 3. The molecule has 0 unspecified atom stereocenters. The van der Waals surface area contributed by atoms with Crippen LogP contribution in [0.4, 0.5) is 18.9 Å². The first-order chi connectivity index (χ1) is 13.3. The van der Waals surface area contributed by atoms with Crippen LogP contribution in [0.25, 0.3) is 10.9 Å². The molecule has 0 spiro atoms. The van der Waals surface area contributed by atoms with Gasteiger partial charge in [-0.2, -0.15) is 8.78 Å². The molecule has 0 saturated heterocycles. The zero-order valence-corrected chi connectivity index (χ0v) is 14.3. The zero-order valence-electron chi connectivity index (χ0n) is 14.3. The number of benzene rings is 2. The summed E-state index contributed by atoms with van der Waals surface area (Å²) >= 11 is 0. The van der Waals surface area contributed by atoms with Crippen LogP contribution in [0.5, 0.6) is 11.5 Å². The molecule has 0 fully saturated rings. The molecule has 0 atom stereocenters. The molecular weight excluding hydrogens is 383 g/mol. The predicted molar refractivity (Wildman–Crippen MR) is 91.3 cm³/mol. The number of rotatable bonds is 6. The van der Waals surface area contributed by atoms with Crippen molar-refractivity contribution in [1.29, 1.82) is 0 Å². The lowest BCUT2D eigenvalue weighted by molar-refractivity contribution is -0.385. The molecule has 0 aliphatic carbocycles. The minimum atomic E-state index is -3.20. The molecule has 0 bridgehead atoms. The highest BCUT2D eigenvalue weighted by atomic mass is 19.3. The molecule has 3 rings (SSSR count). The first-order valence-corrected chi connectivity index (χ1v) is 7.75. The fourth-order valence-corrected chi connectivity index (χ4v) is 2.66. The summed E-state index contributed by atoms with van der Waals surface area (Å²) in [5, 5.41) is 11.5. The van der Waals surface area contributed by atoms with Gasteiger partial charge in [-0.15, -0.1) is 0 Å². The fourth-order valence-electron chi connectivity index (χ4n) is 2.66. The molecular formula is C17H12F3N3O5. The second kappa shape index (κ2) is 7.55. The molecule has 146 valence electrons. The van der Waals surface area contributed by atoms with E-state index in [4.69, 9.17) is 4.74 Å². The summed E-state index contributed by atoms with van der Waals surface area (Å²) in [6, 6.07) is 5.37. The van der Waals surface area contributed by atoms with Crippen LogP contribution < -0.4 is 15.0 Å². The van der Waals surface area contributed by atoms with Gasteiger partial charge >= 0.3 is 6.61 Å². The van der Waals surface area contributed by atoms with E-state index in [1.165, 1.54) is 13.2 Å². The van der Waals surface area contributed by atoms with Crippen molar-refractivity contribution in [2.24, 2.45) is 0 Å². The van der Waals surface area contributed by atoms with Crippen molar-refractivity contribution in [2.45, 2.75) is 13.2 Å². The first kappa shape index (κ1) is 19.1. The van der Waals surface area contributed by atoms with Gasteiger partial charge < -0.3 is 9.47 Å². The van der Waals surface area contributed by atoms with E-state index in [0.29, 0.717) is 0 Å². The van der Waals surface area contributed by atoms with Crippen LogP contribution in [0.15, 0.2) is 41.5 Å². The number of nitrogens with zero attached hydrogens (tertiary/aromatic N) is 3. The van der Waals surface area contributed by atoms with Crippen LogP contribution in [-0.4, -0.2) is 28.2 Å². The third-order valence-electron chi connectivity index (χ3n) is 3.91. The Morgan fingerprint density at radius 1 is 1.25 bits per heavy atom. The minimum absolute atomic E-state index is 0.00817. The van der Waals surface area contributed by atoms with Crippen molar-refractivity contribution >= 4 is 16.6 Å². The second-order valence-corrected chi connectivity index (χ2v) is 5.61. The van der Waals surface area contributed by atoms with E-state index in [2.05, 4.69) is 9.72 Å². The van der Waals surface area contributed by atoms with E-state index in [1.54, 1.807) is 0 Å². The van der Waals surface area contributed by atoms with Crippen LogP contribution in [0, 0.1) is 15.9 Å². The Labute approximate surface area is 154 Å². The average molecular weight is 395 g/mol. The summed E-state index contributed by atoms with van der Waals surface area (Å²) in [5.74, 6) is -1.23. The van der Waals surface area contributed by atoms with Crippen molar-refractivity contribution < 1.29 is 27.6 Å². The number of methoxy groups -OCH3 is 1. The van der Waals surface area contributed by atoms with Crippen LogP contribution in [-0.2, 0) is 6.54 Å². The molecule has 0 aliphatic rings. The number of ether oxygens (including phenoxy) is 2. The lowest BCUT2D eigenvalue weighted by Gasteiger charge is -2.13. The van der Waals surface area contributed by atoms with Gasteiger partial charge in [0.15, 0.2) is 11.5 Å². The van der Waals surface area contributed by atoms with Gasteiger partial charge in [0, 0.05) is 6.07 Å². The number of hydrogen-bond donors (Lipinski definition) is 0. The summed E-state index contributed by atoms with van der Waals surface area (Å²) in [4.78, 5) is 27.1. The van der Waals surface area contributed by atoms with Crippen molar-refractivity contribution in [1.82, 2.24) is 9.55 Å². The number of nitro benzene ring substituents is 1. The van der Waals surface area contributed by atoms with Gasteiger partial charge in [-0.05, 0) is 18.2 Å². The first-order valence-electron chi connectivity index (χ1n) is 7.75. The molecule has 0 aliphatic heterocycles. The molecule has 2 aromatic carbocycles. The summed E-state index contributed by atoms with van der Waals surface area (Å²) in [5.41, 5.74) is -0.948. The second-order valence-electron chi connectivity index (χ2n) is 5.61. The van der Waals surface area contributed by atoms with E-state index in [-0.39, 0.29) is 28.8 Å². The Morgan fingerprint density at radius 2 is 2.00 bits per heavy atom. The molecule has 0 radical (unpaired) electrons. The van der Waals surface area contributed by atoms with Crippen LogP contribution >= 0.6 is 0 Å². The molecule has 0 saturated carbocycles. The predicted octanol–water partition coefficient (Wildman–Crippen LogP) is 3.10. The van der Waals surface area contributed by atoms with Gasteiger partial charge in [0.05, 0.1) is 47.4 Å². The van der Waals surface area contributed by atoms with Gasteiger partial charge in [-0.3, -0.25) is 19.5 Å². The number of alkyl halides is 2. The smallest absolute Gasteiger partial charge is 0.387 e. The van der Waals surface area contributed by atoms with E-state index < -0.39 is 34.3 Å². The van der Waals surface area contributed by atoms with Gasteiger partial charge in [-0.25, -0.2) is 9.37 Å². The van der Waals surface area contributed by atoms with Crippen LogP contribution in [0.3, 0.4) is 0 Å². The summed E-state index contributed by atoms with van der Waals surface area (Å²) in [6.07, 6.45) is 1.11. The van der Waals surface area contributed by atoms with Crippen LogP contribution in [0.2, 0.25) is 0 Å². The molecule has 1 heterocycles. The van der Waals surface area contributed by atoms with Crippen LogP contribution in [0.1, 0.15) is 5.56 Å². The van der Waals surface area contributed by atoms with Gasteiger partial charge in [-0.1, -0.05) is 0 Å². The maximum absolute atomic E-state index is 13.3. The molecule has 3 aromatic rings.